The van der Waals surface area contributed by atoms with Crippen LogP contribution in [0, 0.1) is 10.7 Å². The van der Waals surface area contributed by atoms with E-state index in [0.29, 0.717) is 11.4 Å². The van der Waals surface area contributed by atoms with E-state index in [-0.39, 0.29) is 0 Å². The zero-order valence-electron chi connectivity index (χ0n) is 15.2. The van der Waals surface area contributed by atoms with E-state index in [0.717, 1.165) is 48.0 Å². The summed E-state index contributed by atoms with van der Waals surface area (Å²) >= 11 is 11.3. The van der Waals surface area contributed by atoms with Gasteiger partial charge in [-0.05, 0) is 80.3 Å². The van der Waals surface area contributed by atoms with Crippen molar-refractivity contribution in [1.82, 2.24) is 14.6 Å². The minimum absolute atomic E-state index is 0.609. The van der Waals surface area contributed by atoms with Crippen LogP contribution in [0.25, 0.3) is 11.0 Å². The molecule has 0 aliphatic carbocycles. The van der Waals surface area contributed by atoms with Crippen molar-refractivity contribution >= 4 is 34.9 Å². The number of halogens is 1. The van der Waals surface area contributed by atoms with Crippen LogP contribution >= 0.6 is 23.8 Å². The maximum atomic E-state index is 5.97. The van der Waals surface area contributed by atoms with Gasteiger partial charge >= 0.3 is 0 Å². The van der Waals surface area contributed by atoms with Crippen LogP contribution < -0.4 is 4.84 Å². The molecule has 1 fully saturated rings. The summed E-state index contributed by atoms with van der Waals surface area (Å²) in [5.41, 5.74) is 3.38. The predicted molar refractivity (Wildman–Crippen MR) is 113 cm³/mol. The van der Waals surface area contributed by atoms with E-state index in [1.807, 2.05) is 36.4 Å². The second-order valence-electron chi connectivity index (χ2n) is 7.19. The van der Waals surface area contributed by atoms with Crippen LogP contribution in [0.5, 0.6) is 0 Å². The Bertz CT molecular complexity index is 942. The Labute approximate surface area is 169 Å². The normalized spacial score (nSPS) is 16.0. The third-order valence-corrected chi connectivity index (χ3v) is 5.84. The molecule has 4 nitrogen and oxygen atoms in total. The fraction of sp³-hybridized carbons (Fsp3) is 0.381. The van der Waals surface area contributed by atoms with E-state index in [1.165, 1.54) is 18.4 Å². The second kappa shape index (κ2) is 8.46. The first-order valence-electron chi connectivity index (χ1n) is 9.49. The quantitative estimate of drug-likeness (QED) is 0.606. The number of likely N-dealkylation sites (tertiary alicyclic amines) is 1. The van der Waals surface area contributed by atoms with E-state index in [4.69, 9.17) is 28.7 Å². The summed E-state index contributed by atoms with van der Waals surface area (Å²) in [6.45, 7) is 3.81. The van der Waals surface area contributed by atoms with Gasteiger partial charge in [0.2, 0.25) is 4.77 Å². The highest BCUT2D eigenvalue weighted by Gasteiger charge is 2.19. The Morgan fingerprint density at radius 3 is 2.59 bits per heavy atom. The van der Waals surface area contributed by atoms with E-state index >= 15 is 0 Å². The van der Waals surface area contributed by atoms with Crippen LogP contribution in [0.3, 0.4) is 0 Å². The fourth-order valence-corrected chi connectivity index (χ4v) is 4.18. The van der Waals surface area contributed by atoms with E-state index < -0.39 is 0 Å². The van der Waals surface area contributed by atoms with Gasteiger partial charge < -0.3 is 9.82 Å². The van der Waals surface area contributed by atoms with Gasteiger partial charge in [-0.25, -0.2) is 0 Å². The number of piperidine rings is 1. The fourth-order valence-electron chi connectivity index (χ4n) is 3.79. The Hall–Kier alpha value is -1.82. The van der Waals surface area contributed by atoms with Gasteiger partial charge in [0.05, 0.1) is 5.52 Å². The van der Waals surface area contributed by atoms with Gasteiger partial charge in [-0.1, -0.05) is 35.9 Å². The van der Waals surface area contributed by atoms with Crippen LogP contribution in [0.1, 0.15) is 18.4 Å². The molecule has 0 amide bonds. The van der Waals surface area contributed by atoms with Crippen LogP contribution in [0.15, 0.2) is 48.5 Å². The maximum Gasteiger partial charge on any atom is 0.212 e. The molecule has 0 spiro atoms. The lowest BCUT2D eigenvalue weighted by Crippen LogP contribution is -2.37. The molecule has 2 heterocycles. The molecule has 0 unspecified atom stereocenters. The van der Waals surface area contributed by atoms with E-state index in [9.17, 15) is 0 Å². The summed E-state index contributed by atoms with van der Waals surface area (Å²) in [7, 11) is 0. The zero-order valence-corrected chi connectivity index (χ0v) is 16.8. The first-order valence-corrected chi connectivity index (χ1v) is 10.3. The molecule has 6 heteroatoms. The van der Waals surface area contributed by atoms with Gasteiger partial charge in [-0.3, -0.25) is 4.90 Å². The number of imidazole rings is 1. The molecule has 0 atom stereocenters. The van der Waals surface area contributed by atoms with Crippen molar-refractivity contribution < 1.29 is 4.84 Å². The highest BCUT2D eigenvalue weighted by molar-refractivity contribution is 7.71. The highest BCUT2D eigenvalue weighted by Crippen LogP contribution is 2.22. The monoisotopic (exact) mass is 401 g/mol. The van der Waals surface area contributed by atoms with Crippen molar-refractivity contribution in [2.45, 2.75) is 19.3 Å². The van der Waals surface area contributed by atoms with Crippen molar-refractivity contribution in [3.05, 3.63) is 63.9 Å². The number of hydrogen-bond acceptors (Lipinski definition) is 3. The number of para-hydroxylation sites is 2. The second-order valence-corrected chi connectivity index (χ2v) is 8.01. The summed E-state index contributed by atoms with van der Waals surface area (Å²) in [6.07, 6.45) is 3.61. The molecule has 0 bridgehead atoms. The minimum atomic E-state index is 0.609. The lowest BCUT2D eigenvalue weighted by atomic mass is 9.90. The van der Waals surface area contributed by atoms with Crippen molar-refractivity contribution in [2.24, 2.45) is 5.92 Å². The third kappa shape index (κ3) is 4.54. The number of rotatable bonds is 6. The molecule has 1 aromatic heterocycles. The largest absolute Gasteiger partial charge is 0.410 e. The SMILES string of the molecule is S=c1[nH]c2ccccc2n1OCCN1CCC(Cc2ccc(Cl)cc2)CC1. The van der Waals surface area contributed by atoms with Crippen molar-refractivity contribution in [1.29, 1.82) is 0 Å². The number of aromatic nitrogens is 2. The molecule has 1 aliphatic rings. The average molecular weight is 402 g/mol. The molecule has 1 aliphatic heterocycles. The Morgan fingerprint density at radius 1 is 1.07 bits per heavy atom. The van der Waals surface area contributed by atoms with Crippen LogP contribution in [0.4, 0.5) is 0 Å². The molecule has 142 valence electrons. The van der Waals surface area contributed by atoms with Crippen LogP contribution in [-0.2, 0) is 6.42 Å². The minimum Gasteiger partial charge on any atom is -0.410 e. The number of hydrogen-bond donors (Lipinski definition) is 1. The number of H-pyrrole nitrogens is 1. The first kappa shape index (κ1) is 18.5. The molecule has 0 radical (unpaired) electrons. The molecule has 1 N–H and O–H groups in total. The molecule has 27 heavy (non-hydrogen) atoms. The molecule has 3 aromatic rings. The molecule has 4 rings (SSSR count). The summed E-state index contributed by atoms with van der Waals surface area (Å²) in [4.78, 5) is 11.6. The number of fused-ring (bicyclic) bond motifs is 1. The topological polar surface area (TPSA) is 33.2 Å². The van der Waals surface area contributed by atoms with Gasteiger partial charge in [0.1, 0.15) is 12.1 Å². The van der Waals surface area contributed by atoms with Crippen LogP contribution in [-0.4, -0.2) is 40.9 Å². The van der Waals surface area contributed by atoms with Crippen LogP contribution in [0.2, 0.25) is 5.02 Å². The Morgan fingerprint density at radius 2 is 1.81 bits per heavy atom. The zero-order chi connectivity index (χ0) is 18.6. The maximum absolute atomic E-state index is 5.97. The lowest BCUT2D eigenvalue weighted by molar-refractivity contribution is 0.0780. The Balaban J connectivity index is 1.24. The lowest BCUT2D eigenvalue weighted by Gasteiger charge is -2.31. The first-order chi connectivity index (χ1) is 13.2. The summed E-state index contributed by atoms with van der Waals surface area (Å²) in [5.74, 6) is 0.755. The number of aromatic amines is 1. The van der Waals surface area contributed by atoms with Gasteiger partial charge in [-0.15, -0.1) is 0 Å². The van der Waals surface area contributed by atoms with Gasteiger partial charge in [0.15, 0.2) is 0 Å². The predicted octanol–water partition coefficient (Wildman–Crippen LogP) is 4.74. The number of benzene rings is 2. The standard InChI is InChI=1S/C21H24ClN3OS/c22-18-7-5-16(6-8-18)15-17-9-11-24(12-10-17)13-14-26-25-20-4-2-1-3-19(20)23-21(25)27/h1-8,17H,9-15H2,(H,23,27). The molecular formula is C21H24ClN3OS. The van der Waals surface area contributed by atoms with E-state index in [2.05, 4.69) is 22.0 Å². The average Bonchev–Trinajstić information content (AvgIpc) is 3.00. The number of nitrogens with zero attached hydrogens (tertiary/aromatic N) is 2. The number of nitrogens with one attached hydrogen (secondary N) is 1. The molecule has 0 saturated carbocycles. The third-order valence-electron chi connectivity index (χ3n) is 5.32. The summed E-state index contributed by atoms with van der Waals surface area (Å²) in [5, 5.41) is 0.809. The van der Waals surface area contributed by atoms with Crippen molar-refractivity contribution in [2.75, 3.05) is 26.2 Å². The van der Waals surface area contributed by atoms with Crippen molar-refractivity contribution in [3.63, 3.8) is 0 Å². The Kier molecular flexibility index (Phi) is 5.81. The van der Waals surface area contributed by atoms with Crippen molar-refractivity contribution in [3.8, 4) is 0 Å². The summed E-state index contributed by atoms with van der Waals surface area (Å²) in [6, 6.07) is 16.3. The molecular weight excluding hydrogens is 378 g/mol. The molecule has 2 aromatic carbocycles. The van der Waals surface area contributed by atoms with Gasteiger partial charge in [-0.2, -0.15) is 4.73 Å². The highest BCUT2D eigenvalue weighted by atomic mass is 35.5. The smallest absolute Gasteiger partial charge is 0.212 e. The summed E-state index contributed by atoms with van der Waals surface area (Å²) < 4.78 is 2.34. The molecule has 1 saturated heterocycles. The van der Waals surface area contributed by atoms with Gasteiger partial charge in [0, 0.05) is 11.6 Å². The van der Waals surface area contributed by atoms with E-state index in [1.54, 1.807) is 4.73 Å². The van der Waals surface area contributed by atoms with Gasteiger partial charge in [0.25, 0.3) is 0 Å².